The maximum Gasteiger partial charge on any atom is 0.256 e. The van der Waals surface area contributed by atoms with E-state index >= 15 is 0 Å². The van der Waals surface area contributed by atoms with E-state index in [0.717, 1.165) is 35.8 Å². The van der Waals surface area contributed by atoms with Crippen molar-refractivity contribution in [3.8, 4) is 0 Å². The van der Waals surface area contributed by atoms with Gasteiger partial charge >= 0.3 is 0 Å². The number of anilines is 1. The Morgan fingerprint density at radius 1 is 1.38 bits per heavy atom. The molecule has 2 amide bonds. The summed E-state index contributed by atoms with van der Waals surface area (Å²) < 4.78 is 13.0. The zero-order chi connectivity index (χ0) is 15.0. The molecule has 1 aliphatic carbocycles. The first-order valence-corrected chi connectivity index (χ1v) is 7.25. The lowest BCUT2D eigenvalue weighted by Crippen LogP contribution is -2.18. The lowest BCUT2D eigenvalue weighted by Gasteiger charge is -2.06. The van der Waals surface area contributed by atoms with Crippen molar-refractivity contribution in [2.24, 2.45) is 5.73 Å². The number of pyridine rings is 1. The SMILES string of the molecule is NC(=O)c1c(NC(=O)c2ccnc(F)c2)sc2c1CCC2. The molecule has 0 atom stereocenters. The highest BCUT2D eigenvalue weighted by molar-refractivity contribution is 7.17. The Hall–Kier alpha value is -2.28. The number of nitrogens with one attached hydrogen (secondary N) is 1. The summed E-state index contributed by atoms with van der Waals surface area (Å²) in [6.45, 7) is 0. The molecule has 3 rings (SSSR count). The fourth-order valence-electron chi connectivity index (χ4n) is 2.47. The fraction of sp³-hybridized carbons (Fsp3) is 0.214. The number of nitrogens with zero attached hydrogens (tertiary/aromatic N) is 1. The van der Waals surface area contributed by atoms with E-state index in [2.05, 4.69) is 10.3 Å². The quantitative estimate of drug-likeness (QED) is 0.852. The van der Waals surface area contributed by atoms with Gasteiger partial charge in [-0.25, -0.2) is 4.98 Å². The van der Waals surface area contributed by atoms with E-state index in [1.807, 2.05) is 0 Å². The van der Waals surface area contributed by atoms with E-state index < -0.39 is 17.8 Å². The Labute approximate surface area is 124 Å². The van der Waals surface area contributed by atoms with Gasteiger partial charge < -0.3 is 11.1 Å². The van der Waals surface area contributed by atoms with Gasteiger partial charge in [0, 0.05) is 22.7 Å². The molecule has 0 aliphatic heterocycles. The van der Waals surface area contributed by atoms with Crippen LogP contribution in [0.1, 0.15) is 37.6 Å². The van der Waals surface area contributed by atoms with Crippen LogP contribution in [0, 0.1) is 5.95 Å². The van der Waals surface area contributed by atoms with Crippen LogP contribution in [0.15, 0.2) is 18.3 Å². The lowest BCUT2D eigenvalue weighted by molar-refractivity contribution is 0.100. The molecule has 0 unspecified atom stereocenters. The Bertz CT molecular complexity index is 742. The maximum atomic E-state index is 13.0. The highest BCUT2D eigenvalue weighted by Crippen LogP contribution is 2.38. The van der Waals surface area contributed by atoms with Crippen LogP contribution in [0.5, 0.6) is 0 Å². The van der Waals surface area contributed by atoms with E-state index in [-0.39, 0.29) is 5.56 Å². The summed E-state index contributed by atoms with van der Waals surface area (Å²) in [5.41, 5.74) is 6.88. The molecule has 7 heteroatoms. The molecule has 0 spiro atoms. The van der Waals surface area contributed by atoms with Gasteiger partial charge in [0.2, 0.25) is 5.95 Å². The third kappa shape index (κ3) is 2.52. The lowest BCUT2D eigenvalue weighted by atomic mass is 10.1. The summed E-state index contributed by atoms with van der Waals surface area (Å²) in [5.74, 6) is -1.77. The summed E-state index contributed by atoms with van der Waals surface area (Å²) >= 11 is 1.36. The van der Waals surface area contributed by atoms with Gasteiger partial charge in [0.1, 0.15) is 5.00 Å². The van der Waals surface area contributed by atoms with E-state index in [0.29, 0.717) is 10.6 Å². The van der Waals surface area contributed by atoms with Crippen LogP contribution < -0.4 is 11.1 Å². The van der Waals surface area contributed by atoms with Crippen molar-refractivity contribution in [3.05, 3.63) is 45.8 Å². The maximum absolute atomic E-state index is 13.0. The molecule has 1 aliphatic rings. The third-order valence-corrected chi connectivity index (χ3v) is 4.59. The topological polar surface area (TPSA) is 85.1 Å². The van der Waals surface area contributed by atoms with Gasteiger partial charge in [0.05, 0.1) is 5.56 Å². The first-order chi connectivity index (χ1) is 10.1. The fourth-order valence-corrected chi connectivity index (χ4v) is 3.76. The molecule has 2 aromatic rings. The molecule has 0 fully saturated rings. The van der Waals surface area contributed by atoms with Crippen molar-refractivity contribution in [2.45, 2.75) is 19.3 Å². The van der Waals surface area contributed by atoms with E-state index in [1.54, 1.807) is 0 Å². The summed E-state index contributed by atoms with van der Waals surface area (Å²) in [6, 6.07) is 2.45. The van der Waals surface area contributed by atoms with Crippen LogP contribution in [0.4, 0.5) is 9.39 Å². The van der Waals surface area contributed by atoms with Gasteiger partial charge in [-0.05, 0) is 30.9 Å². The highest BCUT2D eigenvalue weighted by atomic mass is 32.1. The number of rotatable bonds is 3. The normalized spacial score (nSPS) is 13.0. The van der Waals surface area contributed by atoms with Crippen LogP contribution in [0.25, 0.3) is 0 Å². The van der Waals surface area contributed by atoms with Crippen LogP contribution in [0.2, 0.25) is 0 Å². The number of hydrogen-bond donors (Lipinski definition) is 2. The van der Waals surface area contributed by atoms with Gasteiger partial charge in [-0.2, -0.15) is 4.39 Å². The average molecular weight is 305 g/mol. The van der Waals surface area contributed by atoms with Crippen molar-refractivity contribution in [2.75, 3.05) is 5.32 Å². The molecule has 0 bridgehead atoms. The van der Waals surface area contributed by atoms with Crippen molar-refractivity contribution >= 4 is 28.2 Å². The molecule has 108 valence electrons. The number of amides is 2. The van der Waals surface area contributed by atoms with E-state index in [4.69, 9.17) is 5.73 Å². The zero-order valence-electron chi connectivity index (χ0n) is 11.0. The monoisotopic (exact) mass is 305 g/mol. The number of nitrogens with two attached hydrogens (primary N) is 1. The standard InChI is InChI=1S/C14H12FN3O2S/c15-10-6-7(4-5-17-10)13(20)18-14-11(12(16)19)8-2-1-3-9(8)21-14/h4-6H,1-3H2,(H2,16,19)(H,18,20). The average Bonchev–Trinajstić information content (AvgIpc) is 2.98. The number of thiophene rings is 1. The molecular weight excluding hydrogens is 293 g/mol. The van der Waals surface area contributed by atoms with Crippen molar-refractivity contribution in [1.82, 2.24) is 4.98 Å². The van der Waals surface area contributed by atoms with Gasteiger partial charge in [-0.1, -0.05) is 0 Å². The molecule has 0 saturated carbocycles. The Balaban J connectivity index is 1.92. The minimum absolute atomic E-state index is 0.145. The minimum atomic E-state index is -0.730. The second-order valence-electron chi connectivity index (χ2n) is 4.75. The van der Waals surface area contributed by atoms with E-state index in [1.165, 1.54) is 23.6 Å². The van der Waals surface area contributed by atoms with Crippen molar-refractivity contribution in [1.29, 1.82) is 0 Å². The summed E-state index contributed by atoms with van der Waals surface area (Å²) in [7, 11) is 0. The molecule has 2 heterocycles. The molecule has 0 saturated heterocycles. The van der Waals surface area contributed by atoms with Crippen LogP contribution >= 0.6 is 11.3 Å². The number of aryl methyl sites for hydroxylation is 1. The van der Waals surface area contributed by atoms with Crippen molar-refractivity contribution < 1.29 is 14.0 Å². The third-order valence-electron chi connectivity index (χ3n) is 3.38. The Morgan fingerprint density at radius 3 is 2.90 bits per heavy atom. The van der Waals surface area contributed by atoms with Gasteiger partial charge in [0.15, 0.2) is 0 Å². The summed E-state index contributed by atoms with van der Waals surface area (Å²) in [6.07, 6.45) is 3.89. The molecule has 2 aromatic heterocycles. The molecule has 5 nitrogen and oxygen atoms in total. The number of halogens is 1. The van der Waals surface area contributed by atoms with Crippen LogP contribution in [-0.4, -0.2) is 16.8 Å². The first-order valence-electron chi connectivity index (χ1n) is 6.43. The Morgan fingerprint density at radius 2 is 2.19 bits per heavy atom. The number of carbonyl (C=O) groups excluding carboxylic acids is 2. The summed E-state index contributed by atoms with van der Waals surface area (Å²) in [4.78, 5) is 28.2. The second-order valence-corrected chi connectivity index (χ2v) is 5.85. The van der Waals surface area contributed by atoms with Crippen LogP contribution in [-0.2, 0) is 12.8 Å². The molecular formula is C14H12FN3O2S. The number of hydrogen-bond acceptors (Lipinski definition) is 4. The predicted octanol–water partition coefficient (Wildman–Crippen LogP) is 2.12. The molecule has 3 N–H and O–H groups in total. The highest BCUT2D eigenvalue weighted by Gasteiger charge is 2.26. The Kier molecular flexibility index (Phi) is 3.42. The van der Waals surface area contributed by atoms with Gasteiger partial charge in [-0.3, -0.25) is 9.59 Å². The summed E-state index contributed by atoms with van der Waals surface area (Å²) in [5, 5.41) is 3.09. The second kappa shape index (κ2) is 5.25. The van der Waals surface area contributed by atoms with Crippen molar-refractivity contribution in [3.63, 3.8) is 0 Å². The van der Waals surface area contributed by atoms with Gasteiger partial charge in [-0.15, -0.1) is 11.3 Å². The minimum Gasteiger partial charge on any atom is -0.365 e. The number of fused-ring (bicyclic) bond motifs is 1. The van der Waals surface area contributed by atoms with Gasteiger partial charge in [0.25, 0.3) is 11.8 Å². The number of carbonyl (C=O) groups is 2. The zero-order valence-corrected chi connectivity index (χ0v) is 11.8. The predicted molar refractivity (Wildman–Crippen MR) is 77.0 cm³/mol. The molecule has 0 radical (unpaired) electrons. The molecule has 0 aromatic carbocycles. The largest absolute Gasteiger partial charge is 0.365 e. The van der Waals surface area contributed by atoms with Crippen LogP contribution in [0.3, 0.4) is 0 Å². The number of primary amides is 1. The molecule has 21 heavy (non-hydrogen) atoms. The first kappa shape index (κ1) is 13.7. The smallest absolute Gasteiger partial charge is 0.256 e. The van der Waals surface area contributed by atoms with E-state index in [9.17, 15) is 14.0 Å². The number of aromatic nitrogens is 1.